The number of hydrogen-bond donors (Lipinski definition) is 1. The Morgan fingerprint density at radius 2 is 1.72 bits per heavy atom. The van der Waals surface area contributed by atoms with Crippen LogP contribution >= 0.6 is 0 Å². The lowest BCUT2D eigenvalue weighted by Crippen LogP contribution is -2.55. The molecule has 166 valence electrons. The van der Waals surface area contributed by atoms with E-state index in [9.17, 15) is 9.59 Å². The molecule has 1 saturated heterocycles. The molecule has 32 heavy (non-hydrogen) atoms. The predicted octanol–water partition coefficient (Wildman–Crippen LogP) is 3.59. The van der Waals surface area contributed by atoms with E-state index in [1.54, 1.807) is 12.1 Å². The third-order valence-corrected chi connectivity index (χ3v) is 5.93. The Kier molecular flexibility index (Phi) is 6.59. The van der Waals surface area contributed by atoms with Crippen molar-refractivity contribution in [3.05, 3.63) is 89.4 Å². The molecule has 4 rings (SSSR count). The summed E-state index contributed by atoms with van der Waals surface area (Å²) in [5.41, 5.74) is 4.69. The fourth-order valence-electron chi connectivity index (χ4n) is 4.14. The molecule has 0 unspecified atom stereocenters. The summed E-state index contributed by atoms with van der Waals surface area (Å²) in [7, 11) is 0. The molecule has 0 bridgehead atoms. The minimum Gasteiger partial charge on any atom is -0.459 e. The van der Waals surface area contributed by atoms with E-state index in [0.717, 1.165) is 18.7 Å². The van der Waals surface area contributed by atoms with Gasteiger partial charge in [0.1, 0.15) is 6.04 Å². The monoisotopic (exact) mass is 431 g/mol. The van der Waals surface area contributed by atoms with Gasteiger partial charge >= 0.3 is 0 Å². The zero-order valence-electron chi connectivity index (χ0n) is 18.6. The maximum absolute atomic E-state index is 13.4. The lowest BCUT2D eigenvalue weighted by molar-refractivity contribution is -0.133. The average molecular weight is 432 g/mol. The molecule has 1 aliphatic rings. The highest BCUT2D eigenvalue weighted by atomic mass is 16.3. The summed E-state index contributed by atoms with van der Waals surface area (Å²) in [6.07, 6.45) is 1.89. The molecule has 0 spiro atoms. The Bertz CT molecular complexity index is 1060. The molecule has 0 radical (unpaired) electrons. The molecule has 2 amide bonds. The van der Waals surface area contributed by atoms with Crippen molar-refractivity contribution in [2.45, 2.75) is 26.3 Å². The van der Waals surface area contributed by atoms with Gasteiger partial charge in [-0.25, -0.2) is 0 Å². The Labute approximate surface area is 188 Å². The highest BCUT2D eigenvalue weighted by Gasteiger charge is 2.30. The number of benzene rings is 2. The normalized spacial score (nSPS) is 14.8. The van der Waals surface area contributed by atoms with Crippen LogP contribution < -0.4 is 10.2 Å². The highest BCUT2D eigenvalue weighted by molar-refractivity contribution is 5.95. The van der Waals surface area contributed by atoms with Crippen LogP contribution in [-0.4, -0.2) is 48.9 Å². The number of amides is 2. The zero-order valence-corrected chi connectivity index (χ0v) is 18.6. The standard InChI is InChI=1S/C26H29N3O3/c1-19-10-11-20(2)23(17-19)28-12-14-29(15-13-28)26(31)22(18-21-7-4-3-5-8-21)27-25(30)24-9-6-16-32-24/h3-11,16-17,22H,12-15,18H2,1-2H3,(H,27,30)/t22-/m1/s1. The molecule has 1 aliphatic heterocycles. The summed E-state index contributed by atoms with van der Waals surface area (Å²) in [5, 5.41) is 2.89. The van der Waals surface area contributed by atoms with Gasteiger partial charge in [0.05, 0.1) is 6.26 Å². The first-order valence-electron chi connectivity index (χ1n) is 11.0. The SMILES string of the molecule is Cc1ccc(C)c(N2CCN(C(=O)[C@@H](Cc3ccccc3)NC(=O)c3ccco3)CC2)c1. The van der Waals surface area contributed by atoms with Gasteiger partial charge in [0, 0.05) is 38.3 Å². The van der Waals surface area contributed by atoms with Crippen LogP contribution in [0.15, 0.2) is 71.3 Å². The third kappa shape index (κ3) is 5.02. The summed E-state index contributed by atoms with van der Waals surface area (Å²) >= 11 is 0. The van der Waals surface area contributed by atoms with Gasteiger partial charge < -0.3 is 19.5 Å². The van der Waals surface area contributed by atoms with Crippen LogP contribution in [0, 0.1) is 13.8 Å². The van der Waals surface area contributed by atoms with E-state index in [-0.39, 0.29) is 17.6 Å². The van der Waals surface area contributed by atoms with Gasteiger partial charge in [-0.15, -0.1) is 0 Å². The zero-order chi connectivity index (χ0) is 22.5. The summed E-state index contributed by atoms with van der Waals surface area (Å²) < 4.78 is 5.21. The molecule has 1 fully saturated rings. The van der Waals surface area contributed by atoms with Crippen molar-refractivity contribution in [2.75, 3.05) is 31.1 Å². The first-order valence-corrected chi connectivity index (χ1v) is 11.0. The maximum atomic E-state index is 13.4. The van der Waals surface area contributed by atoms with Gasteiger partial charge in [0.2, 0.25) is 5.91 Å². The molecular formula is C26H29N3O3. The van der Waals surface area contributed by atoms with Crippen LogP contribution in [0.2, 0.25) is 0 Å². The van der Waals surface area contributed by atoms with Gasteiger partial charge in [0.25, 0.3) is 5.91 Å². The van der Waals surface area contributed by atoms with Gasteiger partial charge in [-0.2, -0.15) is 0 Å². The molecule has 1 atom stereocenters. The highest BCUT2D eigenvalue weighted by Crippen LogP contribution is 2.23. The van der Waals surface area contributed by atoms with Crippen molar-refractivity contribution in [2.24, 2.45) is 0 Å². The van der Waals surface area contributed by atoms with E-state index in [0.29, 0.717) is 19.5 Å². The number of furan rings is 1. The number of carbonyl (C=O) groups is 2. The van der Waals surface area contributed by atoms with E-state index in [1.165, 1.54) is 23.1 Å². The minimum absolute atomic E-state index is 0.0608. The van der Waals surface area contributed by atoms with Gasteiger partial charge in [-0.1, -0.05) is 42.5 Å². The van der Waals surface area contributed by atoms with Crippen molar-refractivity contribution < 1.29 is 14.0 Å². The molecule has 2 aromatic carbocycles. The third-order valence-electron chi connectivity index (χ3n) is 5.93. The second-order valence-electron chi connectivity index (χ2n) is 8.30. The van der Waals surface area contributed by atoms with Gasteiger partial charge in [-0.3, -0.25) is 9.59 Å². The predicted molar refractivity (Wildman–Crippen MR) is 125 cm³/mol. The lowest BCUT2D eigenvalue weighted by atomic mass is 10.0. The molecule has 2 heterocycles. The summed E-state index contributed by atoms with van der Waals surface area (Å²) in [6, 6.07) is 18.8. The Balaban J connectivity index is 1.45. The van der Waals surface area contributed by atoms with Crippen molar-refractivity contribution >= 4 is 17.5 Å². The molecule has 6 heteroatoms. The van der Waals surface area contributed by atoms with Crippen LogP contribution in [0.25, 0.3) is 0 Å². The maximum Gasteiger partial charge on any atom is 0.287 e. The minimum atomic E-state index is -0.651. The number of hydrogen-bond acceptors (Lipinski definition) is 4. The number of piperazine rings is 1. The van der Waals surface area contributed by atoms with Crippen molar-refractivity contribution in [1.29, 1.82) is 0 Å². The molecule has 1 aromatic heterocycles. The fourth-order valence-corrected chi connectivity index (χ4v) is 4.14. The van der Waals surface area contributed by atoms with Crippen LogP contribution in [0.4, 0.5) is 5.69 Å². The average Bonchev–Trinajstić information content (AvgIpc) is 3.36. The number of anilines is 1. The molecule has 3 aromatic rings. The van der Waals surface area contributed by atoms with Crippen LogP contribution in [0.1, 0.15) is 27.2 Å². The summed E-state index contributed by atoms with van der Waals surface area (Å²) in [5.74, 6) is -0.233. The number of nitrogens with zero attached hydrogens (tertiary/aromatic N) is 2. The molecule has 1 N–H and O–H groups in total. The fraction of sp³-hybridized carbons (Fsp3) is 0.308. The van der Waals surface area contributed by atoms with Crippen molar-refractivity contribution in [1.82, 2.24) is 10.2 Å². The number of aryl methyl sites for hydroxylation is 2. The second-order valence-corrected chi connectivity index (χ2v) is 8.30. The largest absolute Gasteiger partial charge is 0.459 e. The Morgan fingerprint density at radius 3 is 2.41 bits per heavy atom. The molecule has 0 aliphatic carbocycles. The smallest absolute Gasteiger partial charge is 0.287 e. The quantitative estimate of drug-likeness (QED) is 0.648. The van der Waals surface area contributed by atoms with E-state index in [1.807, 2.05) is 35.2 Å². The first-order chi connectivity index (χ1) is 15.5. The van der Waals surface area contributed by atoms with Crippen molar-refractivity contribution in [3.63, 3.8) is 0 Å². The van der Waals surface area contributed by atoms with E-state index in [4.69, 9.17) is 4.42 Å². The van der Waals surface area contributed by atoms with Crippen molar-refractivity contribution in [3.8, 4) is 0 Å². The Morgan fingerprint density at radius 1 is 0.969 bits per heavy atom. The molecule has 0 saturated carbocycles. The van der Waals surface area contributed by atoms with E-state index in [2.05, 4.69) is 42.3 Å². The molecule has 6 nitrogen and oxygen atoms in total. The summed E-state index contributed by atoms with van der Waals surface area (Å²) in [4.78, 5) is 30.2. The van der Waals surface area contributed by atoms with Gasteiger partial charge in [-0.05, 0) is 48.7 Å². The van der Waals surface area contributed by atoms with E-state index >= 15 is 0 Å². The van der Waals surface area contributed by atoms with Crippen LogP contribution in [0.3, 0.4) is 0 Å². The second kappa shape index (κ2) is 9.73. The lowest BCUT2D eigenvalue weighted by Gasteiger charge is -2.38. The number of rotatable bonds is 6. The topological polar surface area (TPSA) is 65.8 Å². The number of nitrogens with one attached hydrogen (secondary N) is 1. The van der Waals surface area contributed by atoms with Crippen LogP contribution in [-0.2, 0) is 11.2 Å². The van der Waals surface area contributed by atoms with E-state index < -0.39 is 6.04 Å². The number of carbonyl (C=O) groups excluding carboxylic acids is 2. The molecular weight excluding hydrogens is 402 g/mol. The Hall–Kier alpha value is -3.54. The summed E-state index contributed by atoms with van der Waals surface area (Å²) in [6.45, 7) is 6.98. The van der Waals surface area contributed by atoms with Crippen LogP contribution in [0.5, 0.6) is 0 Å². The van der Waals surface area contributed by atoms with Gasteiger partial charge in [0.15, 0.2) is 5.76 Å². The first kappa shape index (κ1) is 21.7.